The molecule has 0 unspecified atom stereocenters. The van der Waals surface area contributed by atoms with Crippen LogP contribution in [0.4, 0.5) is 0 Å². The van der Waals surface area contributed by atoms with Crippen LogP contribution >= 0.6 is 0 Å². The van der Waals surface area contributed by atoms with Crippen molar-refractivity contribution < 1.29 is 9.31 Å². The minimum Gasteiger partial charge on any atom is -0.397 e. The fourth-order valence-corrected chi connectivity index (χ4v) is 3.08. The monoisotopic (exact) mass is 348 g/mol. The molecule has 0 bridgehead atoms. The second-order valence-electron chi connectivity index (χ2n) is 7.55. The molecule has 0 amide bonds. The average Bonchev–Trinajstić information content (AvgIpc) is 2.83. The summed E-state index contributed by atoms with van der Waals surface area (Å²) in [7, 11) is -0.725. The molecule has 1 aliphatic rings. The van der Waals surface area contributed by atoms with E-state index < -0.39 is 18.3 Å². The van der Waals surface area contributed by atoms with Crippen molar-refractivity contribution in [2.24, 2.45) is 0 Å². The maximum atomic E-state index is 13.2. The van der Waals surface area contributed by atoms with Crippen molar-refractivity contribution >= 4 is 23.7 Å². The van der Waals surface area contributed by atoms with Crippen LogP contribution < -0.4 is 11.3 Å². The molecule has 3 aromatic rings. The van der Waals surface area contributed by atoms with Crippen LogP contribution in [0, 0.1) is 0 Å². The lowest BCUT2D eigenvalue weighted by Crippen LogP contribution is -2.47. The number of hydrogen-bond acceptors (Lipinski definition) is 4. The van der Waals surface area contributed by atoms with Gasteiger partial charge in [0.05, 0.1) is 22.1 Å². The summed E-state index contributed by atoms with van der Waals surface area (Å²) >= 11 is 0. The molecule has 6 heteroatoms. The van der Waals surface area contributed by atoms with E-state index >= 15 is 0 Å². The smallest absolute Gasteiger partial charge is 0.397 e. The SMILES string of the molecule is CC1(C)OB(c2nc3ccccc3c(=O)n2-c2ccccc2)OC1(C)C. The van der Waals surface area contributed by atoms with Crippen molar-refractivity contribution in [3.05, 3.63) is 65.0 Å². The summed E-state index contributed by atoms with van der Waals surface area (Å²) in [6, 6.07) is 16.8. The number of aromatic nitrogens is 2. The van der Waals surface area contributed by atoms with Gasteiger partial charge in [0.2, 0.25) is 0 Å². The van der Waals surface area contributed by atoms with Gasteiger partial charge in [-0.05, 0) is 52.0 Å². The zero-order chi connectivity index (χ0) is 18.5. The zero-order valence-electron chi connectivity index (χ0n) is 15.4. The molecule has 0 saturated carbocycles. The Morgan fingerprint density at radius 3 is 2.12 bits per heavy atom. The van der Waals surface area contributed by atoms with Crippen LogP contribution in [-0.4, -0.2) is 27.9 Å². The third-order valence-corrected chi connectivity index (χ3v) is 5.28. The Labute approximate surface area is 152 Å². The van der Waals surface area contributed by atoms with Crippen LogP contribution in [0.1, 0.15) is 27.7 Å². The molecule has 0 radical (unpaired) electrons. The Morgan fingerprint density at radius 2 is 1.46 bits per heavy atom. The highest BCUT2D eigenvalue weighted by Gasteiger charge is 2.53. The minimum absolute atomic E-state index is 0.133. The topological polar surface area (TPSA) is 53.3 Å². The minimum atomic E-state index is -0.725. The van der Waals surface area contributed by atoms with Crippen molar-refractivity contribution in [2.75, 3.05) is 0 Å². The number of nitrogens with zero attached hydrogens (tertiary/aromatic N) is 2. The first-order valence-corrected chi connectivity index (χ1v) is 8.73. The van der Waals surface area contributed by atoms with Gasteiger partial charge in [-0.3, -0.25) is 9.36 Å². The van der Waals surface area contributed by atoms with Gasteiger partial charge in [-0.2, -0.15) is 0 Å². The first-order valence-electron chi connectivity index (χ1n) is 8.73. The van der Waals surface area contributed by atoms with Crippen LogP contribution in [0.2, 0.25) is 0 Å². The number of benzene rings is 2. The first-order chi connectivity index (χ1) is 12.3. The number of rotatable bonds is 2. The molecular weight excluding hydrogens is 327 g/mol. The van der Waals surface area contributed by atoms with Crippen LogP contribution in [-0.2, 0) is 9.31 Å². The highest BCUT2D eigenvalue weighted by molar-refractivity contribution is 6.60. The Morgan fingerprint density at radius 1 is 0.885 bits per heavy atom. The van der Waals surface area contributed by atoms with Crippen molar-refractivity contribution in [2.45, 2.75) is 38.9 Å². The van der Waals surface area contributed by atoms with Gasteiger partial charge in [-0.15, -0.1) is 0 Å². The second kappa shape index (κ2) is 5.79. The summed E-state index contributed by atoms with van der Waals surface area (Å²) in [4.78, 5) is 18.0. The van der Waals surface area contributed by atoms with Gasteiger partial charge >= 0.3 is 7.12 Å². The lowest BCUT2D eigenvalue weighted by molar-refractivity contribution is 0.00578. The van der Waals surface area contributed by atoms with Gasteiger partial charge < -0.3 is 9.31 Å². The molecule has 4 rings (SSSR count). The van der Waals surface area contributed by atoms with Gasteiger partial charge in [0.25, 0.3) is 5.56 Å². The van der Waals surface area contributed by atoms with Crippen molar-refractivity contribution in [3.8, 4) is 5.69 Å². The molecule has 26 heavy (non-hydrogen) atoms. The molecule has 1 fully saturated rings. The molecule has 1 aromatic heterocycles. The maximum Gasteiger partial charge on any atom is 0.533 e. The van der Waals surface area contributed by atoms with E-state index in [9.17, 15) is 4.79 Å². The maximum absolute atomic E-state index is 13.2. The van der Waals surface area contributed by atoms with E-state index in [2.05, 4.69) is 0 Å². The normalized spacial score (nSPS) is 18.4. The van der Waals surface area contributed by atoms with E-state index in [4.69, 9.17) is 14.3 Å². The van der Waals surface area contributed by atoms with Crippen molar-refractivity contribution in [3.63, 3.8) is 0 Å². The third-order valence-electron chi connectivity index (χ3n) is 5.28. The van der Waals surface area contributed by atoms with Crippen molar-refractivity contribution in [1.29, 1.82) is 0 Å². The molecule has 0 N–H and O–H groups in total. The molecule has 1 saturated heterocycles. The van der Waals surface area contributed by atoms with Crippen LogP contribution in [0.15, 0.2) is 59.4 Å². The van der Waals surface area contributed by atoms with E-state index in [0.717, 1.165) is 5.69 Å². The third kappa shape index (κ3) is 2.57. The number of hydrogen-bond donors (Lipinski definition) is 0. The van der Waals surface area contributed by atoms with Gasteiger partial charge in [0.15, 0.2) is 0 Å². The van der Waals surface area contributed by atoms with Gasteiger partial charge in [0.1, 0.15) is 5.72 Å². The molecule has 5 nitrogen and oxygen atoms in total. The summed E-state index contributed by atoms with van der Waals surface area (Å²) in [6.45, 7) is 7.94. The first kappa shape index (κ1) is 17.0. The molecule has 0 aliphatic carbocycles. The lowest BCUT2D eigenvalue weighted by Gasteiger charge is -2.32. The molecule has 2 aromatic carbocycles. The number of fused-ring (bicyclic) bond motifs is 1. The highest BCUT2D eigenvalue weighted by Crippen LogP contribution is 2.36. The molecule has 132 valence electrons. The quantitative estimate of drug-likeness (QED) is 0.669. The summed E-state index contributed by atoms with van der Waals surface area (Å²) in [5.74, 6) is 0. The standard InChI is InChI=1S/C20H21BN2O3/c1-19(2)20(3,4)26-21(25-19)18-22-16-13-9-8-12-15(16)17(24)23(18)14-10-6-5-7-11-14/h5-13H,1-4H3. The number of para-hydroxylation sites is 2. The predicted octanol–water partition coefficient (Wildman–Crippen LogP) is 2.68. The summed E-state index contributed by atoms with van der Waals surface area (Å²) in [5, 5.41) is 0.566. The average molecular weight is 348 g/mol. The Bertz CT molecular complexity index is 1010. The van der Waals surface area contributed by atoms with Gasteiger partial charge in [0, 0.05) is 5.69 Å². The van der Waals surface area contributed by atoms with Crippen molar-refractivity contribution in [1.82, 2.24) is 9.55 Å². The van der Waals surface area contributed by atoms with Gasteiger partial charge in [-0.25, -0.2) is 4.98 Å². The fourth-order valence-electron chi connectivity index (χ4n) is 3.08. The van der Waals surface area contributed by atoms with Crippen LogP contribution in [0.3, 0.4) is 0 Å². The lowest BCUT2D eigenvalue weighted by atomic mass is 9.88. The van der Waals surface area contributed by atoms with E-state index in [1.54, 1.807) is 10.6 Å². The van der Waals surface area contributed by atoms with E-state index in [1.807, 2.05) is 76.2 Å². The van der Waals surface area contributed by atoms with Crippen LogP contribution in [0.5, 0.6) is 0 Å². The molecule has 1 aliphatic heterocycles. The summed E-state index contributed by atoms with van der Waals surface area (Å²) < 4.78 is 13.9. The second-order valence-corrected chi connectivity index (χ2v) is 7.55. The van der Waals surface area contributed by atoms with E-state index in [0.29, 0.717) is 16.6 Å². The van der Waals surface area contributed by atoms with Gasteiger partial charge in [-0.1, -0.05) is 30.3 Å². The predicted molar refractivity (Wildman–Crippen MR) is 103 cm³/mol. The summed E-state index contributed by atoms with van der Waals surface area (Å²) in [6.07, 6.45) is 0. The van der Waals surface area contributed by atoms with E-state index in [1.165, 1.54) is 0 Å². The molecule has 2 heterocycles. The Balaban J connectivity index is 1.99. The summed E-state index contributed by atoms with van der Waals surface area (Å²) in [5.41, 5.74) is 0.672. The van der Waals surface area contributed by atoms with Crippen LogP contribution in [0.25, 0.3) is 16.6 Å². The fraction of sp³-hybridized carbons (Fsp3) is 0.300. The zero-order valence-corrected chi connectivity index (χ0v) is 15.4. The molecule has 0 spiro atoms. The van der Waals surface area contributed by atoms with E-state index in [-0.39, 0.29) is 5.56 Å². The Kier molecular flexibility index (Phi) is 3.79. The highest BCUT2D eigenvalue weighted by atomic mass is 16.7. The Hall–Kier alpha value is -2.44. The molecular formula is C20H21BN2O3. The molecule has 0 atom stereocenters. The largest absolute Gasteiger partial charge is 0.533 e.